The first-order valence-corrected chi connectivity index (χ1v) is 9.97. The van der Waals surface area contributed by atoms with Gasteiger partial charge in [0.25, 0.3) is 5.56 Å². The number of hydrogen-bond acceptors (Lipinski definition) is 6. The van der Waals surface area contributed by atoms with E-state index in [-0.39, 0.29) is 5.56 Å². The Balaban J connectivity index is 1.63. The van der Waals surface area contributed by atoms with Gasteiger partial charge >= 0.3 is 6.01 Å². The summed E-state index contributed by atoms with van der Waals surface area (Å²) in [7, 11) is 0. The highest BCUT2D eigenvalue weighted by atomic mass is 16.5. The first-order chi connectivity index (χ1) is 14.8. The van der Waals surface area contributed by atoms with Crippen LogP contribution in [0, 0.1) is 0 Å². The molecule has 1 saturated heterocycles. The van der Waals surface area contributed by atoms with Gasteiger partial charge in [0.2, 0.25) is 0 Å². The van der Waals surface area contributed by atoms with E-state index >= 15 is 0 Å². The first-order valence-electron chi connectivity index (χ1n) is 9.97. The Hall–Kier alpha value is -3.64. The van der Waals surface area contributed by atoms with Crippen LogP contribution in [0.15, 0.2) is 74.3 Å². The van der Waals surface area contributed by atoms with Gasteiger partial charge in [-0.1, -0.05) is 48.5 Å². The van der Waals surface area contributed by atoms with Crippen LogP contribution in [0.3, 0.4) is 0 Å². The molecule has 3 heterocycles. The summed E-state index contributed by atoms with van der Waals surface area (Å²) >= 11 is 0. The molecule has 3 aromatic carbocycles. The summed E-state index contributed by atoms with van der Waals surface area (Å²) in [5.41, 5.74) is 3.53. The lowest BCUT2D eigenvalue weighted by molar-refractivity contribution is 0.120. The van der Waals surface area contributed by atoms with E-state index in [0.29, 0.717) is 43.3 Å². The summed E-state index contributed by atoms with van der Waals surface area (Å²) in [6.07, 6.45) is 0. The topological polar surface area (TPSA) is 68.7 Å². The van der Waals surface area contributed by atoms with Crippen molar-refractivity contribution in [2.45, 2.75) is 0 Å². The first kappa shape index (κ1) is 17.2. The Morgan fingerprint density at radius 1 is 0.733 bits per heavy atom. The molecular weight excluding hydrogens is 380 g/mol. The number of ether oxygens (including phenoxy) is 1. The van der Waals surface area contributed by atoms with Crippen LogP contribution >= 0.6 is 0 Å². The number of anilines is 1. The number of para-hydroxylation sites is 3. The summed E-state index contributed by atoms with van der Waals surface area (Å²) in [5.74, 6) is 0. The molecule has 5 aromatic rings. The van der Waals surface area contributed by atoms with Gasteiger partial charge in [0.1, 0.15) is 11.2 Å². The third-order valence-electron chi connectivity index (χ3n) is 5.61. The molecule has 6 heteroatoms. The number of benzene rings is 3. The summed E-state index contributed by atoms with van der Waals surface area (Å²) in [6, 6.07) is 19.9. The van der Waals surface area contributed by atoms with Crippen molar-refractivity contribution in [1.82, 2.24) is 4.98 Å². The van der Waals surface area contributed by atoms with Crippen molar-refractivity contribution in [3.8, 4) is 11.1 Å². The lowest BCUT2D eigenvalue weighted by atomic mass is 10.0. The van der Waals surface area contributed by atoms with Crippen LogP contribution in [-0.4, -0.2) is 31.3 Å². The molecule has 0 aliphatic carbocycles. The van der Waals surface area contributed by atoms with Gasteiger partial charge < -0.3 is 18.5 Å². The monoisotopic (exact) mass is 398 g/mol. The second kappa shape index (κ2) is 6.71. The fraction of sp³-hybridized carbons (Fsp3) is 0.167. The molecular formula is C24H18N2O4. The van der Waals surface area contributed by atoms with E-state index in [1.54, 1.807) is 6.07 Å². The zero-order chi connectivity index (χ0) is 20.1. The van der Waals surface area contributed by atoms with Crippen LogP contribution in [0.5, 0.6) is 0 Å². The number of nitrogens with zero attached hydrogens (tertiary/aromatic N) is 2. The molecule has 148 valence electrons. The van der Waals surface area contributed by atoms with Crippen LogP contribution in [0.2, 0.25) is 0 Å². The van der Waals surface area contributed by atoms with Crippen LogP contribution in [0.1, 0.15) is 0 Å². The lowest BCUT2D eigenvalue weighted by Gasteiger charge is -2.26. The molecule has 2 aromatic heterocycles. The summed E-state index contributed by atoms with van der Waals surface area (Å²) in [6.45, 7) is 2.46. The van der Waals surface area contributed by atoms with E-state index in [9.17, 15) is 4.79 Å². The minimum atomic E-state index is -0.295. The van der Waals surface area contributed by atoms with Gasteiger partial charge in [-0.05, 0) is 12.1 Å². The van der Waals surface area contributed by atoms with E-state index in [1.807, 2.05) is 53.4 Å². The average Bonchev–Trinajstić information content (AvgIpc) is 3.18. The van der Waals surface area contributed by atoms with Crippen molar-refractivity contribution < 1.29 is 13.6 Å². The molecule has 0 atom stereocenters. The second-order valence-electron chi connectivity index (χ2n) is 7.36. The van der Waals surface area contributed by atoms with Gasteiger partial charge in [-0.15, -0.1) is 0 Å². The normalized spacial score (nSPS) is 14.7. The molecule has 0 spiro atoms. The van der Waals surface area contributed by atoms with Gasteiger partial charge in [0.15, 0.2) is 5.58 Å². The smallest absolute Gasteiger partial charge is 0.301 e. The van der Waals surface area contributed by atoms with Crippen molar-refractivity contribution in [3.63, 3.8) is 0 Å². The van der Waals surface area contributed by atoms with Gasteiger partial charge in [0.05, 0.1) is 18.6 Å². The van der Waals surface area contributed by atoms with E-state index in [1.165, 1.54) is 0 Å². The van der Waals surface area contributed by atoms with Gasteiger partial charge in [0, 0.05) is 35.0 Å². The third-order valence-corrected chi connectivity index (χ3v) is 5.61. The van der Waals surface area contributed by atoms with Crippen LogP contribution in [0.4, 0.5) is 6.01 Å². The van der Waals surface area contributed by atoms with Gasteiger partial charge in [-0.3, -0.25) is 4.79 Å². The predicted octanol–water partition coefficient (Wildman–Crippen LogP) is 4.59. The van der Waals surface area contributed by atoms with Crippen molar-refractivity contribution in [2.24, 2.45) is 0 Å². The van der Waals surface area contributed by atoms with Crippen molar-refractivity contribution >= 4 is 38.9 Å². The molecule has 1 fully saturated rings. The fourth-order valence-corrected chi connectivity index (χ4v) is 4.14. The highest BCUT2D eigenvalue weighted by molar-refractivity contribution is 6.11. The summed E-state index contributed by atoms with van der Waals surface area (Å²) < 4.78 is 17.8. The third kappa shape index (κ3) is 2.61. The van der Waals surface area contributed by atoms with E-state index in [0.717, 1.165) is 33.1 Å². The number of hydrogen-bond donors (Lipinski definition) is 0. The Morgan fingerprint density at radius 2 is 1.40 bits per heavy atom. The quantitative estimate of drug-likeness (QED) is 0.433. The number of aromatic nitrogens is 1. The highest BCUT2D eigenvalue weighted by Gasteiger charge is 2.20. The lowest BCUT2D eigenvalue weighted by Crippen LogP contribution is -2.37. The molecule has 0 bridgehead atoms. The number of fused-ring (bicyclic) bond motifs is 4. The molecule has 6 nitrogen and oxygen atoms in total. The molecule has 0 amide bonds. The molecule has 30 heavy (non-hydrogen) atoms. The van der Waals surface area contributed by atoms with Crippen molar-refractivity contribution in [1.29, 1.82) is 0 Å². The average molecular weight is 398 g/mol. The SMILES string of the molecule is O=c1nc(N2CCOCC2)oc2c(-c3cccc4c3oc3ccccc34)cccc12. The molecule has 6 rings (SSSR count). The van der Waals surface area contributed by atoms with E-state index < -0.39 is 0 Å². The van der Waals surface area contributed by atoms with Gasteiger partial charge in [-0.2, -0.15) is 4.98 Å². The fourth-order valence-electron chi connectivity index (χ4n) is 4.14. The van der Waals surface area contributed by atoms with Crippen LogP contribution < -0.4 is 10.5 Å². The Morgan fingerprint density at radius 3 is 2.20 bits per heavy atom. The maximum absolute atomic E-state index is 12.8. The number of morpholine rings is 1. The highest BCUT2D eigenvalue weighted by Crippen LogP contribution is 2.38. The predicted molar refractivity (Wildman–Crippen MR) is 116 cm³/mol. The molecule has 0 N–H and O–H groups in total. The number of rotatable bonds is 2. The van der Waals surface area contributed by atoms with Crippen LogP contribution in [0.25, 0.3) is 44.0 Å². The Labute approximate surface area is 171 Å². The minimum Gasteiger partial charge on any atom is -0.455 e. The maximum Gasteiger partial charge on any atom is 0.301 e. The maximum atomic E-state index is 12.8. The largest absolute Gasteiger partial charge is 0.455 e. The molecule has 0 saturated carbocycles. The Bertz CT molecular complexity index is 1460. The zero-order valence-corrected chi connectivity index (χ0v) is 16.1. The van der Waals surface area contributed by atoms with E-state index in [2.05, 4.69) is 11.1 Å². The van der Waals surface area contributed by atoms with E-state index in [4.69, 9.17) is 13.6 Å². The van der Waals surface area contributed by atoms with Crippen molar-refractivity contribution in [2.75, 3.05) is 31.2 Å². The number of furan rings is 1. The Kier molecular flexibility index (Phi) is 3.86. The molecule has 1 aliphatic heterocycles. The summed E-state index contributed by atoms with van der Waals surface area (Å²) in [4.78, 5) is 18.9. The summed E-state index contributed by atoms with van der Waals surface area (Å²) in [5, 5.41) is 2.55. The molecule has 1 aliphatic rings. The standard InChI is InChI=1S/C24H18N2O4/c27-23-19-9-4-8-18(22(19)30-24(25-23)26-11-13-28-14-12-26)17-7-3-6-16-15-5-1-2-10-20(15)29-21(16)17/h1-10H,11-14H2. The zero-order valence-electron chi connectivity index (χ0n) is 16.1. The second-order valence-corrected chi connectivity index (χ2v) is 7.36. The minimum absolute atomic E-state index is 0.295. The molecule has 0 unspecified atom stereocenters. The van der Waals surface area contributed by atoms with Crippen LogP contribution in [-0.2, 0) is 4.74 Å². The van der Waals surface area contributed by atoms with Gasteiger partial charge in [-0.25, -0.2) is 0 Å². The van der Waals surface area contributed by atoms with Crippen molar-refractivity contribution in [3.05, 3.63) is 71.0 Å². The molecule has 0 radical (unpaired) electrons.